The van der Waals surface area contributed by atoms with Crippen molar-refractivity contribution < 1.29 is 23.8 Å². The van der Waals surface area contributed by atoms with Crippen molar-refractivity contribution in [3.05, 3.63) is 76.1 Å². The molecule has 0 aliphatic rings. The van der Waals surface area contributed by atoms with Gasteiger partial charge in [-0.25, -0.2) is 4.79 Å². The van der Waals surface area contributed by atoms with E-state index in [1.54, 1.807) is 29.8 Å². The van der Waals surface area contributed by atoms with Crippen LogP contribution in [0.2, 0.25) is 0 Å². The number of hydrogen-bond donors (Lipinski definition) is 0. The lowest BCUT2D eigenvalue weighted by Gasteiger charge is -2.10. The molecule has 3 aromatic rings. The highest BCUT2D eigenvalue weighted by Crippen LogP contribution is 2.25. The van der Waals surface area contributed by atoms with Crippen molar-refractivity contribution in [1.82, 2.24) is 9.78 Å². The Morgan fingerprint density at radius 2 is 1.68 bits per heavy atom. The molecule has 0 atom stereocenters. The summed E-state index contributed by atoms with van der Waals surface area (Å²) in [5.74, 6) is -0.0162. The second kappa shape index (κ2) is 9.47. The van der Waals surface area contributed by atoms with E-state index in [2.05, 4.69) is 5.10 Å². The molecule has 31 heavy (non-hydrogen) atoms. The first-order chi connectivity index (χ1) is 14.8. The van der Waals surface area contributed by atoms with E-state index in [9.17, 15) is 9.59 Å². The lowest BCUT2D eigenvalue weighted by molar-refractivity contribution is 0.0472. The largest absolute Gasteiger partial charge is 0.497 e. The summed E-state index contributed by atoms with van der Waals surface area (Å²) in [6.07, 6.45) is 0. The first kappa shape index (κ1) is 22.1. The Morgan fingerprint density at radius 1 is 0.968 bits per heavy atom. The molecule has 0 saturated heterocycles. The standard InChI is InChI=1S/C24H26N2O5/c1-15-6-8-18(9-7-15)13-26-17(3)23(16(2)25-26)24(28)31-14-21(27)20-11-10-19(29-4)12-22(20)30-5/h6-12H,13-14H2,1-5H3. The topological polar surface area (TPSA) is 79.7 Å². The summed E-state index contributed by atoms with van der Waals surface area (Å²) < 4.78 is 17.5. The highest BCUT2D eigenvalue weighted by atomic mass is 16.5. The third-order valence-corrected chi connectivity index (χ3v) is 5.08. The van der Waals surface area contributed by atoms with Gasteiger partial charge >= 0.3 is 5.97 Å². The summed E-state index contributed by atoms with van der Waals surface area (Å²) >= 11 is 0. The quantitative estimate of drug-likeness (QED) is 0.404. The van der Waals surface area contributed by atoms with E-state index in [-0.39, 0.29) is 5.78 Å². The Hall–Kier alpha value is -3.61. The van der Waals surface area contributed by atoms with Gasteiger partial charge in [0.2, 0.25) is 5.78 Å². The Bertz CT molecular complexity index is 1100. The predicted octanol–water partition coefficient (Wildman–Crippen LogP) is 3.91. The van der Waals surface area contributed by atoms with Crippen LogP contribution in [-0.2, 0) is 11.3 Å². The zero-order valence-electron chi connectivity index (χ0n) is 18.4. The molecule has 0 aliphatic heterocycles. The van der Waals surface area contributed by atoms with Gasteiger partial charge in [-0.15, -0.1) is 0 Å². The van der Waals surface area contributed by atoms with E-state index < -0.39 is 12.6 Å². The number of ether oxygens (including phenoxy) is 3. The van der Waals surface area contributed by atoms with Crippen molar-refractivity contribution >= 4 is 11.8 Å². The molecule has 7 heteroatoms. The summed E-state index contributed by atoms with van der Waals surface area (Å²) in [4.78, 5) is 25.3. The monoisotopic (exact) mass is 422 g/mol. The highest BCUT2D eigenvalue weighted by molar-refractivity contribution is 6.01. The maximum atomic E-state index is 12.7. The minimum Gasteiger partial charge on any atom is -0.497 e. The van der Waals surface area contributed by atoms with Crippen molar-refractivity contribution in [2.45, 2.75) is 27.3 Å². The lowest BCUT2D eigenvalue weighted by Crippen LogP contribution is -2.16. The summed E-state index contributed by atoms with van der Waals surface area (Å²) in [5, 5.41) is 4.48. The number of carbonyl (C=O) groups is 2. The molecule has 1 heterocycles. The van der Waals surface area contributed by atoms with Crippen molar-refractivity contribution in [1.29, 1.82) is 0 Å². The van der Waals surface area contributed by atoms with E-state index in [4.69, 9.17) is 14.2 Å². The fraction of sp³-hybridized carbons (Fsp3) is 0.292. The van der Waals surface area contributed by atoms with E-state index in [1.807, 2.05) is 38.1 Å². The van der Waals surface area contributed by atoms with Crippen LogP contribution in [0, 0.1) is 20.8 Å². The molecule has 3 rings (SSSR count). The maximum Gasteiger partial charge on any atom is 0.342 e. The minimum atomic E-state index is -0.578. The van der Waals surface area contributed by atoms with E-state index >= 15 is 0 Å². The second-order valence-corrected chi connectivity index (χ2v) is 7.25. The van der Waals surface area contributed by atoms with Crippen molar-refractivity contribution in [3.8, 4) is 11.5 Å². The Morgan fingerprint density at radius 3 is 2.32 bits per heavy atom. The third kappa shape index (κ3) is 4.94. The number of esters is 1. The number of aryl methyl sites for hydroxylation is 2. The molecule has 0 fully saturated rings. The summed E-state index contributed by atoms with van der Waals surface area (Å²) in [6, 6.07) is 13.0. The first-order valence-corrected chi connectivity index (χ1v) is 9.86. The summed E-state index contributed by atoms with van der Waals surface area (Å²) in [6.45, 7) is 5.75. The molecule has 0 bridgehead atoms. The second-order valence-electron chi connectivity index (χ2n) is 7.25. The predicted molar refractivity (Wildman–Crippen MR) is 116 cm³/mol. The summed E-state index contributed by atoms with van der Waals surface area (Å²) in [7, 11) is 2.99. The van der Waals surface area contributed by atoms with E-state index in [1.165, 1.54) is 19.8 Å². The highest BCUT2D eigenvalue weighted by Gasteiger charge is 2.22. The molecule has 0 aliphatic carbocycles. The number of carbonyl (C=O) groups excluding carboxylic acids is 2. The average Bonchev–Trinajstić information content (AvgIpc) is 3.05. The molecule has 0 spiro atoms. The van der Waals surface area contributed by atoms with E-state index in [0.29, 0.717) is 40.6 Å². The summed E-state index contributed by atoms with van der Waals surface area (Å²) in [5.41, 5.74) is 4.21. The molecule has 162 valence electrons. The van der Waals surface area contributed by atoms with Gasteiger partial charge in [-0.3, -0.25) is 9.48 Å². The van der Waals surface area contributed by atoms with Crippen molar-refractivity contribution in [2.24, 2.45) is 0 Å². The van der Waals surface area contributed by atoms with Crippen LogP contribution in [0.4, 0.5) is 0 Å². The SMILES string of the molecule is COc1ccc(C(=O)COC(=O)c2c(C)nn(Cc3ccc(C)cc3)c2C)c(OC)c1. The van der Waals surface area contributed by atoms with Crippen LogP contribution >= 0.6 is 0 Å². The van der Waals surface area contributed by atoms with Crippen molar-refractivity contribution in [3.63, 3.8) is 0 Å². The molecule has 2 aromatic carbocycles. The van der Waals surface area contributed by atoms with Gasteiger partial charge < -0.3 is 14.2 Å². The van der Waals surface area contributed by atoms with Gasteiger partial charge in [0.05, 0.1) is 37.7 Å². The minimum absolute atomic E-state index is 0.319. The molecular weight excluding hydrogens is 396 g/mol. The maximum absolute atomic E-state index is 12.7. The number of aromatic nitrogens is 2. The van der Waals surface area contributed by atoms with Crippen LogP contribution in [0.5, 0.6) is 11.5 Å². The number of Topliss-reactive ketones (excluding diaryl/α,β-unsaturated/α-hetero) is 1. The van der Waals surface area contributed by atoms with Crippen LogP contribution in [-0.4, -0.2) is 42.4 Å². The molecule has 0 unspecified atom stereocenters. The number of nitrogens with zero attached hydrogens (tertiary/aromatic N) is 2. The van der Waals surface area contributed by atoms with Gasteiger partial charge in [-0.2, -0.15) is 5.10 Å². The zero-order valence-corrected chi connectivity index (χ0v) is 18.4. The molecule has 7 nitrogen and oxygen atoms in total. The van der Waals surface area contributed by atoms with Gasteiger partial charge in [0.15, 0.2) is 6.61 Å². The molecule has 1 aromatic heterocycles. The van der Waals surface area contributed by atoms with Crippen LogP contribution in [0.15, 0.2) is 42.5 Å². The van der Waals surface area contributed by atoms with Crippen LogP contribution < -0.4 is 9.47 Å². The fourth-order valence-corrected chi connectivity index (χ4v) is 3.32. The smallest absolute Gasteiger partial charge is 0.342 e. The number of ketones is 1. The Labute approximate surface area is 181 Å². The number of methoxy groups -OCH3 is 2. The Kier molecular flexibility index (Phi) is 6.74. The third-order valence-electron chi connectivity index (χ3n) is 5.08. The Balaban J connectivity index is 1.71. The van der Waals surface area contributed by atoms with Gasteiger partial charge in [0, 0.05) is 6.07 Å². The molecule has 0 amide bonds. The van der Waals surface area contributed by atoms with Gasteiger partial charge in [0.1, 0.15) is 17.1 Å². The van der Waals surface area contributed by atoms with Crippen molar-refractivity contribution in [2.75, 3.05) is 20.8 Å². The van der Waals surface area contributed by atoms with Gasteiger partial charge in [0.25, 0.3) is 0 Å². The average molecular weight is 422 g/mol. The zero-order chi connectivity index (χ0) is 22.5. The van der Waals surface area contributed by atoms with Crippen LogP contribution in [0.3, 0.4) is 0 Å². The normalized spacial score (nSPS) is 10.6. The lowest BCUT2D eigenvalue weighted by atomic mass is 10.1. The molecule has 0 saturated carbocycles. The number of benzene rings is 2. The number of rotatable bonds is 8. The van der Waals surface area contributed by atoms with E-state index in [0.717, 1.165) is 5.56 Å². The molecular formula is C24H26N2O5. The molecule has 0 radical (unpaired) electrons. The van der Waals surface area contributed by atoms with Gasteiger partial charge in [-0.05, 0) is 38.5 Å². The number of hydrogen-bond acceptors (Lipinski definition) is 6. The first-order valence-electron chi connectivity index (χ1n) is 9.86. The van der Waals surface area contributed by atoms with Crippen LogP contribution in [0.1, 0.15) is 43.2 Å². The molecule has 0 N–H and O–H groups in total. The van der Waals surface area contributed by atoms with Crippen LogP contribution in [0.25, 0.3) is 0 Å². The fourth-order valence-electron chi connectivity index (χ4n) is 3.32. The van der Waals surface area contributed by atoms with Gasteiger partial charge in [-0.1, -0.05) is 29.8 Å².